The van der Waals surface area contributed by atoms with Gasteiger partial charge in [0, 0.05) is 5.92 Å². The molecule has 2 fully saturated rings. The molecule has 0 aromatic heterocycles. The van der Waals surface area contributed by atoms with Crippen molar-refractivity contribution in [2.75, 3.05) is 13.2 Å². The molecule has 3 aliphatic carbocycles. The first-order chi connectivity index (χ1) is 9.60. The molecule has 0 aromatic rings. The number of hydrogen-bond acceptors (Lipinski definition) is 3. The van der Waals surface area contributed by atoms with Crippen LogP contribution in [0.2, 0.25) is 0 Å². The van der Waals surface area contributed by atoms with Crippen molar-refractivity contribution >= 4 is 6.29 Å². The molecule has 1 aliphatic heterocycles. The number of carbonyl (C=O) groups is 1. The van der Waals surface area contributed by atoms with Gasteiger partial charge in [0.1, 0.15) is 6.29 Å². The summed E-state index contributed by atoms with van der Waals surface area (Å²) in [6.45, 7) is 7.99. The van der Waals surface area contributed by atoms with Crippen molar-refractivity contribution in [3.63, 3.8) is 0 Å². The van der Waals surface area contributed by atoms with Crippen molar-refractivity contribution in [3.05, 3.63) is 11.6 Å². The lowest BCUT2D eigenvalue weighted by Crippen LogP contribution is -2.47. The third-order valence-corrected chi connectivity index (χ3v) is 5.55. The van der Waals surface area contributed by atoms with Crippen LogP contribution in [-0.4, -0.2) is 25.8 Å². The summed E-state index contributed by atoms with van der Waals surface area (Å²) in [5, 5.41) is 0. The Morgan fingerprint density at radius 1 is 1.25 bits per heavy atom. The Morgan fingerprint density at radius 3 is 2.50 bits per heavy atom. The minimum Gasteiger partial charge on any atom is -0.352 e. The number of hydrogen-bond donors (Lipinski definition) is 0. The highest BCUT2D eigenvalue weighted by Crippen LogP contribution is 2.51. The van der Waals surface area contributed by atoms with Gasteiger partial charge in [0.25, 0.3) is 0 Å². The van der Waals surface area contributed by atoms with Gasteiger partial charge in [0.2, 0.25) is 0 Å². The van der Waals surface area contributed by atoms with E-state index in [2.05, 4.69) is 26.8 Å². The van der Waals surface area contributed by atoms with Gasteiger partial charge in [0.15, 0.2) is 6.29 Å². The molecule has 2 bridgehead atoms. The predicted octanol–water partition coefficient (Wildman–Crippen LogP) is 3.05. The highest BCUT2D eigenvalue weighted by molar-refractivity contribution is 5.53. The normalized spacial score (nSPS) is 44.5. The largest absolute Gasteiger partial charge is 0.352 e. The van der Waals surface area contributed by atoms with E-state index in [0.717, 1.165) is 18.1 Å². The standard InChI is InChI=1S/C17H26O3/c1-10(2)14-6-15-11(3)4-13(14)5-16(15)17-19-8-12(7-18)9-20-17/h4,7,10,12-17H,5-6,8-9H2,1-3H3. The summed E-state index contributed by atoms with van der Waals surface area (Å²) in [5.41, 5.74) is 1.52. The number of allylic oxidation sites excluding steroid dienone is 2. The number of aldehydes is 1. The molecular formula is C17H26O3. The molecular weight excluding hydrogens is 252 g/mol. The number of ether oxygens (including phenoxy) is 2. The minimum atomic E-state index is -0.101. The van der Waals surface area contributed by atoms with Gasteiger partial charge < -0.3 is 14.3 Å². The first kappa shape index (κ1) is 14.3. The molecule has 1 saturated heterocycles. The molecule has 0 radical (unpaired) electrons. The molecule has 20 heavy (non-hydrogen) atoms. The first-order valence-corrected chi connectivity index (χ1v) is 7.97. The fraction of sp³-hybridized carbons (Fsp3) is 0.824. The third-order valence-electron chi connectivity index (χ3n) is 5.55. The van der Waals surface area contributed by atoms with E-state index in [1.54, 1.807) is 0 Å². The van der Waals surface area contributed by atoms with Crippen LogP contribution in [0.4, 0.5) is 0 Å². The lowest BCUT2D eigenvalue weighted by atomic mass is 9.58. The van der Waals surface area contributed by atoms with Gasteiger partial charge in [-0.1, -0.05) is 25.5 Å². The summed E-state index contributed by atoms with van der Waals surface area (Å²) in [6, 6.07) is 0. The quantitative estimate of drug-likeness (QED) is 0.588. The van der Waals surface area contributed by atoms with Crippen LogP contribution in [0.25, 0.3) is 0 Å². The average Bonchev–Trinajstić information content (AvgIpc) is 2.47. The molecule has 0 N–H and O–H groups in total. The van der Waals surface area contributed by atoms with E-state index >= 15 is 0 Å². The molecule has 4 atom stereocenters. The van der Waals surface area contributed by atoms with Crippen molar-refractivity contribution in [1.29, 1.82) is 0 Å². The predicted molar refractivity (Wildman–Crippen MR) is 77.0 cm³/mol. The fourth-order valence-corrected chi connectivity index (χ4v) is 4.40. The van der Waals surface area contributed by atoms with Crippen LogP contribution in [-0.2, 0) is 14.3 Å². The minimum absolute atomic E-state index is 0.0768. The van der Waals surface area contributed by atoms with Crippen molar-refractivity contribution < 1.29 is 14.3 Å². The van der Waals surface area contributed by atoms with Crippen molar-refractivity contribution in [1.82, 2.24) is 0 Å². The molecule has 1 heterocycles. The molecule has 0 aromatic carbocycles. The van der Waals surface area contributed by atoms with Gasteiger partial charge in [-0.2, -0.15) is 0 Å². The molecule has 3 nitrogen and oxygen atoms in total. The third kappa shape index (κ3) is 2.46. The monoisotopic (exact) mass is 278 g/mol. The second-order valence-corrected chi connectivity index (χ2v) is 7.16. The molecule has 4 rings (SSSR count). The first-order valence-electron chi connectivity index (χ1n) is 7.97. The van der Waals surface area contributed by atoms with Crippen LogP contribution in [0.1, 0.15) is 33.6 Å². The molecule has 0 amide bonds. The van der Waals surface area contributed by atoms with E-state index in [1.165, 1.54) is 18.4 Å². The Morgan fingerprint density at radius 2 is 1.95 bits per heavy atom. The highest BCUT2D eigenvalue weighted by Gasteiger charge is 2.46. The molecule has 4 aliphatic rings. The van der Waals surface area contributed by atoms with Crippen LogP contribution in [0.15, 0.2) is 11.6 Å². The Hall–Kier alpha value is -0.670. The van der Waals surface area contributed by atoms with Gasteiger partial charge in [-0.15, -0.1) is 0 Å². The summed E-state index contributed by atoms with van der Waals surface area (Å²) in [6.07, 6.45) is 5.79. The second-order valence-electron chi connectivity index (χ2n) is 7.16. The van der Waals surface area contributed by atoms with Gasteiger partial charge in [-0.3, -0.25) is 0 Å². The topological polar surface area (TPSA) is 35.5 Å². The van der Waals surface area contributed by atoms with Gasteiger partial charge >= 0.3 is 0 Å². The maximum atomic E-state index is 10.8. The Kier molecular flexibility index (Phi) is 4.00. The van der Waals surface area contributed by atoms with Crippen LogP contribution < -0.4 is 0 Å². The fourth-order valence-electron chi connectivity index (χ4n) is 4.40. The summed E-state index contributed by atoms with van der Waals surface area (Å²) in [7, 11) is 0. The lowest BCUT2D eigenvalue weighted by molar-refractivity contribution is -0.235. The Balaban J connectivity index is 1.69. The van der Waals surface area contributed by atoms with Gasteiger partial charge in [-0.05, 0) is 43.4 Å². The van der Waals surface area contributed by atoms with E-state index in [1.807, 2.05) is 0 Å². The van der Waals surface area contributed by atoms with Crippen LogP contribution >= 0.6 is 0 Å². The zero-order chi connectivity index (χ0) is 14.3. The number of rotatable bonds is 3. The van der Waals surface area contributed by atoms with Crippen LogP contribution in [0.3, 0.4) is 0 Å². The van der Waals surface area contributed by atoms with Crippen molar-refractivity contribution in [2.45, 2.75) is 39.9 Å². The van der Waals surface area contributed by atoms with E-state index in [4.69, 9.17) is 9.47 Å². The maximum Gasteiger partial charge on any atom is 0.161 e. The molecule has 0 spiro atoms. The Labute approximate surface area is 121 Å². The van der Waals surface area contributed by atoms with Crippen LogP contribution in [0, 0.1) is 35.5 Å². The zero-order valence-electron chi connectivity index (χ0n) is 12.7. The SMILES string of the molecule is CC1=CC2CC(C3OCC(C=O)CO3)C1CC2C(C)C. The van der Waals surface area contributed by atoms with E-state index in [0.29, 0.717) is 31.0 Å². The second kappa shape index (κ2) is 5.61. The smallest absolute Gasteiger partial charge is 0.161 e. The zero-order valence-corrected chi connectivity index (χ0v) is 12.7. The maximum absolute atomic E-state index is 10.8. The van der Waals surface area contributed by atoms with E-state index in [9.17, 15) is 4.79 Å². The molecule has 1 saturated carbocycles. The number of carbonyl (C=O) groups excluding carboxylic acids is 1. The lowest BCUT2D eigenvalue weighted by Gasteiger charge is -2.50. The summed E-state index contributed by atoms with van der Waals surface area (Å²) >= 11 is 0. The number of fused-ring (bicyclic) bond motifs is 2. The summed E-state index contributed by atoms with van der Waals surface area (Å²) in [5.74, 6) is 3.25. The van der Waals surface area contributed by atoms with Crippen molar-refractivity contribution in [3.8, 4) is 0 Å². The highest BCUT2D eigenvalue weighted by atomic mass is 16.7. The molecule has 4 unspecified atom stereocenters. The van der Waals surface area contributed by atoms with Gasteiger partial charge in [-0.25, -0.2) is 0 Å². The average molecular weight is 278 g/mol. The van der Waals surface area contributed by atoms with E-state index < -0.39 is 0 Å². The van der Waals surface area contributed by atoms with E-state index in [-0.39, 0.29) is 12.2 Å². The van der Waals surface area contributed by atoms with Gasteiger partial charge in [0.05, 0.1) is 19.1 Å². The van der Waals surface area contributed by atoms with Crippen LogP contribution in [0.5, 0.6) is 0 Å². The summed E-state index contributed by atoms with van der Waals surface area (Å²) in [4.78, 5) is 10.8. The molecule has 3 heteroatoms. The summed E-state index contributed by atoms with van der Waals surface area (Å²) < 4.78 is 11.7. The Bertz CT molecular complexity index is 393. The van der Waals surface area contributed by atoms with Crippen molar-refractivity contribution in [2.24, 2.45) is 35.5 Å². The molecule has 112 valence electrons.